The van der Waals surface area contributed by atoms with Crippen LogP contribution >= 0.6 is 22.9 Å². The van der Waals surface area contributed by atoms with E-state index >= 15 is 0 Å². The van der Waals surface area contributed by atoms with Crippen LogP contribution in [0.25, 0.3) is 16.5 Å². The molecular weight excluding hydrogens is 377 g/mol. The molecule has 2 aromatic heterocycles. The van der Waals surface area contributed by atoms with Gasteiger partial charge in [0.15, 0.2) is 15.2 Å². The summed E-state index contributed by atoms with van der Waals surface area (Å²) in [7, 11) is 1.32. The highest BCUT2D eigenvalue weighted by molar-refractivity contribution is 7.18. The molecule has 1 N–H and O–H groups in total. The third-order valence-electron chi connectivity index (χ3n) is 4.41. The van der Waals surface area contributed by atoms with Gasteiger partial charge in [0.2, 0.25) is 0 Å². The fourth-order valence-electron chi connectivity index (χ4n) is 3.10. The Morgan fingerprint density at radius 2 is 2.31 bits per heavy atom. The molecule has 0 aliphatic carbocycles. The maximum atomic E-state index is 13.4. The van der Waals surface area contributed by atoms with Gasteiger partial charge >= 0.3 is 5.97 Å². The fourth-order valence-corrected chi connectivity index (χ4v) is 4.33. The van der Waals surface area contributed by atoms with Crippen molar-refractivity contribution in [2.24, 2.45) is 0 Å². The number of aromatic amines is 1. The second-order valence-electron chi connectivity index (χ2n) is 5.93. The van der Waals surface area contributed by atoms with Crippen molar-refractivity contribution in [1.82, 2.24) is 9.97 Å². The van der Waals surface area contributed by atoms with Crippen LogP contribution in [0.4, 0.5) is 9.52 Å². The summed E-state index contributed by atoms with van der Waals surface area (Å²) in [5.74, 6) is -0.727. The number of hydrogen-bond donors (Lipinski definition) is 1. The van der Waals surface area contributed by atoms with E-state index in [9.17, 15) is 9.18 Å². The van der Waals surface area contributed by atoms with Crippen LogP contribution in [0.3, 0.4) is 0 Å². The van der Waals surface area contributed by atoms with E-state index < -0.39 is 5.97 Å². The van der Waals surface area contributed by atoms with Gasteiger partial charge in [-0.1, -0.05) is 29.0 Å². The average Bonchev–Trinajstić information content (AvgIpc) is 3.24. The zero-order valence-corrected chi connectivity index (χ0v) is 15.5. The SMILES string of the molecule is COC(=O)c1sc(N2CC=C(c3c[nH]c4cc(F)ccc34)CC2)nc1Cl. The Kier molecular flexibility index (Phi) is 4.42. The molecule has 0 radical (unpaired) electrons. The van der Waals surface area contributed by atoms with Gasteiger partial charge < -0.3 is 14.6 Å². The van der Waals surface area contributed by atoms with Gasteiger partial charge in [-0.3, -0.25) is 0 Å². The number of benzene rings is 1. The maximum absolute atomic E-state index is 13.4. The van der Waals surface area contributed by atoms with Gasteiger partial charge in [-0.2, -0.15) is 0 Å². The minimum atomic E-state index is -0.474. The van der Waals surface area contributed by atoms with E-state index in [1.165, 1.54) is 36.2 Å². The third kappa shape index (κ3) is 2.97. The maximum Gasteiger partial charge on any atom is 0.351 e. The topological polar surface area (TPSA) is 58.2 Å². The van der Waals surface area contributed by atoms with Gasteiger partial charge in [0, 0.05) is 35.8 Å². The van der Waals surface area contributed by atoms with Crippen molar-refractivity contribution in [3.63, 3.8) is 0 Å². The van der Waals surface area contributed by atoms with Crippen LogP contribution in [0.2, 0.25) is 5.15 Å². The minimum Gasteiger partial charge on any atom is -0.465 e. The number of hydrogen-bond acceptors (Lipinski definition) is 5. The molecule has 0 atom stereocenters. The van der Waals surface area contributed by atoms with Crippen molar-refractivity contribution in [3.8, 4) is 0 Å². The monoisotopic (exact) mass is 391 g/mol. The summed E-state index contributed by atoms with van der Waals surface area (Å²) in [6.45, 7) is 1.41. The number of carbonyl (C=O) groups is 1. The van der Waals surface area contributed by atoms with Crippen LogP contribution < -0.4 is 4.90 Å². The number of rotatable bonds is 3. The molecule has 0 unspecified atom stereocenters. The summed E-state index contributed by atoms with van der Waals surface area (Å²) in [4.78, 5) is 21.5. The van der Waals surface area contributed by atoms with Gasteiger partial charge in [0.25, 0.3) is 0 Å². The number of anilines is 1. The number of esters is 1. The molecule has 0 bridgehead atoms. The lowest BCUT2D eigenvalue weighted by atomic mass is 9.99. The number of nitrogens with one attached hydrogen (secondary N) is 1. The van der Waals surface area contributed by atoms with E-state index in [1.54, 1.807) is 6.07 Å². The molecule has 26 heavy (non-hydrogen) atoms. The van der Waals surface area contributed by atoms with Crippen molar-refractivity contribution in [2.45, 2.75) is 6.42 Å². The zero-order valence-electron chi connectivity index (χ0n) is 13.9. The lowest BCUT2D eigenvalue weighted by molar-refractivity contribution is 0.0606. The van der Waals surface area contributed by atoms with E-state index in [4.69, 9.17) is 16.3 Å². The lowest BCUT2D eigenvalue weighted by Gasteiger charge is -2.25. The van der Waals surface area contributed by atoms with E-state index in [1.807, 2.05) is 6.20 Å². The molecule has 1 aromatic carbocycles. The predicted octanol–water partition coefficient (Wildman–Crippen LogP) is 4.50. The molecule has 1 aliphatic rings. The fraction of sp³-hybridized carbons (Fsp3) is 0.222. The zero-order chi connectivity index (χ0) is 18.3. The summed E-state index contributed by atoms with van der Waals surface area (Å²) in [6, 6.07) is 4.77. The second-order valence-corrected chi connectivity index (χ2v) is 7.26. The number of nitrogens with zero attached hydrogens (tertiary/aromatic N) is 2. The molecule has 1 aliphatic heterocycles. The first kappa shape index (κ1) is 17.1. The van der Waals surface area contributed by atoms with Gasteiger partial charge in [-0.25, -0.2) is 14.2 Å². The largest absolute Gasteiger partial charge is 0.465 e. The summed E-state index contributed by atoms with van der Waals surface area (Å²) in [5.41, 5.74) is 3.08. The molecule has 5 nitrogen and oxygen atoms in total. The third-order valence-corrected chi connectivity index (χ3v) is 5.90. The average molecular weight is 392 g/mol. The molecular formula is C18H15ClFN3O2S. The summed E-state index contributed by atoms with van der Waals surface area (Å²) < 4.78 is 18.1. The quantitative estimate of drug-likeness (QED) is 0.668. The van der Waals surface area contributed by atoms with Gasteiger partial charge in [0.05, 0.1) is 7.11 Å². The standard InChI is InChI=1S/C18H15ClFN3O2S/c1-25-17(24)15-16(19)22-18(26-15)23-6-4-10(5-7-23)13-9-21-14-8-11(20)2-3-12(13)14/h2-4,8-9,21H,5-7H2,1H3. The van der Waals surface area contributed by atoms with Crippen molar-refractivity contribution in [3.05, 3.63) is 51.9 Å². The van der Waals surface area contributed by atoms with Crippen molar-refractivity contribution in [2.75, 3.05) is 25.1 Å². The Morgan fingerprint density at radius 1 is 1.46 bits per heavy atom. The predicted molar refractivity (Wildman–Crippen MR) is 102 cm³/mol. The highest BCUT2D eigenvalue weighted by atomic mass is 35.5. The lowest BCUT2D eigenvalue weighted by Crippen LogP contribution is -2.28. The molecule has 134 valence electrons. The first-order chi connectivity index (χ1) is 12.6. The second kappa shape index (κ2) is 6.74. The molecule has 8 heteroatoms. The molecule has 4 rings (SSSR count). The van der Waals surface area contributed by atoms with Crippen LogP contribution in [0, 0.1) is 5.82 Å². The van der Waals surface area contributed by atoms with Gasteiger partial charge in [-0.15, -0.1) is 0 Å². The number of carbonyl (C=O) groups excluding carboxylic acids is 1. The number of halogens is 2. The molecule has 0 amide bonds. The number of thiazole rings is 1. The van der Waals surface area contributed by atoms with E-state index in [0.717, 1.165) is 29.4 Å². The molecule has 3 heterocycles. The number of aromatic nitrogens is 2. The van der Waals surface area contributed by atoms with Gasteiger partial charge in [0.1, 0.15) is 5.82 Å². The van der Waals surface area contributed by atoms with E-state index in [0.29, 0.717) is 16.6 Å². The minimum absolute atomic E-state index is 0.172. The molecule has 0 saturated heterocycles. The highest BCUT2D eigenvalue weighted by Crippen LogP contribution is 2.34. The molecule has 0 fully saturated rings. The number of methoxy groups -OCH3 is 1. The van der Waals surface area contributed by atoms with Crippen LogP contribution in [-0.2, 0) is 4.74 Å². The van der Waals surface area contributed by atoms with Crippen LogP contribution in [0.15, 0.2) is 30.5 Å². The van der Waals surface area contributed by atoms with Crippen molar-refractivity contribution in [1.29, 1.82) is 0 Å². The normalized spacial score (nSPS) is 14.6. The smallest absolute Gasteiger partial charge is 0.351 e. The Balaban J connectivity index is 1.57. The first-order valence-electron chi connectivity index (χ1n) is 8.02. The van der Waals surface area contributed by atoms with Crippen LogP contribution in [0.1, 0.15) is 21.7 Å². The Labute approximate surface area is 158 Å². The van der Waals surface area contributed by atoms with Crippen LogP contribution in [0.5, 0.6) is 0 Å². The van der Waals surface area contributed by atoms with E-state index in [2.05, 4.69) is 20.9 Å². The number of fused-ring (bicyclic) bond motifs is 1. The van der Waals surface area contributed by atoms with E-state index in [-0.39, 0.29) is 11.0 Å². The first-order valence-corrected chi connectivity index (χ1v) is 9.22. The Hall–Kier alpha value is -2.38. The van der Waals surface area contributed by atoms with Crippen molar-refractivity contribution >= 4 is 50.5 Å². The Bertz CT molecular complexity index is 1030. The van der Waals surface area contributed by atoms with Crippen LogP contribution in [-0.4, -0.2) is 36.1 Å². The summed E-state index contributed by atoms with van der Waals surface area (Å²) in [5, 5.41) is 1.88. The molecule has 0 saturated carbocycles. The Morgan fingerprint density at radius 3 is 3.04 bits per heavy atom. The summed E-state index contributed by atoms with van der Waals surface area (Å²) >= 11 is 7.28. The van der Waals surface area contributed by atoms with Crippen molar-refractivity contribution < 1.29 is 13.9 Å². The number of ether oxygens (including phenoxy) is 1. The highest BCUT2D eigenvalue weighted by Gasteiger charge is 2.23. The van der Waals surface area contributed by atoms with Gasteiger partial charge in [-0.05, 0) is 30.2 Å². The number of H-pyrrole nitrogens is 1. The summed E-state index contributed by atoms with van der Waals surface area (Å²) in [6.07, 6.45) is 4.86. The molecule has 3 aromatic rings. The molecule has 0 spiro atoms.